The first kappa shape index (κ1) is 23.1. The number of hydrogen-bond acceptors (Lipinski definition) is 6. The Morgan fingerprint density at radius 1 is 0.800 bits per heavy atom. The van der Waals surface area contributed by atoms with E-state index in [1.807, 2.05) is 13.8 Å². The molecule has 0 unspecified atom stereocenters. The summed E-state index contributed by atoms with van der Waals surface area (Å²) in [6.07, 6.45) is 0.557. The molecule has 3 rings (SSSR count). The van der Waals surface area contributed by atoms with E-state index in [0.29, 0.717) is 39.3 Å². The maximum atomic E-state index is 13.1. The van der Waals surface area contributed by atoms with E-state index in [-0.39, 0.29) is 41.3 Å². The molecule has 1 aromatic carbocycles. The Hall–Kier alpha value is -1.53. The van der Waals surface area contributed by atoms with E-state index in [9.17, 15) is 21.6 Å². The Morgan fingerprint density at radius 2 is 1.30 bits per heavy atom. The molecule has 0 spiro atoms. The Morgan fingerprint density at radius 3 is 1.80 bits per heavy atom. The minimum atomic E-state index is -3.77. The van der Waals surface area contributed by atoms with Gasteiger partial charge in [0.1, 0.15) is 0 Å². The van der Waals surface area contributed by atoms with Crippen molar-refractivity contribution in [3.8, 4) is 0 Å². The predicted molar refractivity (Wildman–Crippen MR) is 111 cm³/mol. The molecule has 0 atom stereocenters. The largest absolute Gasteiger partial charge is 0.379 e. The number of sulfonamides is 2. The Bertz CT molecular complexity index is 954. The fraction of sp³-hybridized carbons (Fsp3) is 0.632. The van der Waals surface area contributed by atoms with Gasteiger partial charge in [-0.25, -0.2) is 16.8 Å². The third kappa shape index (κ3) is 4.86. The van der Waals surface area contributed by atoms with E-state index in [1.165, 1.54) is 32.9 Å². The van der Waals surface area contributed by atoms with Crippen LogP contribution in [0.1, 0.15) is 20.3 Å². The molecule has 2 aliphatic rings. The first-order chi connectivity index (χ1) is 14.1. The zero-order chi connectivity index (χ0) is 21.9. The standard InChI is InChI=1S/C19H29N3O6S2/c1-16(2)19(23)20-8-3-9-21(11-10-20)29(24,25)17-4-6-18(7-5-17)30(26,27)22-12-14-28-15-13-22/h4-7,16H,3,8-15H2,1-2H3. The summed E-state index contributed by atoms with van der Waals surface area (Å²) in [5.41, 5.74) is 0. The summed E-state index contributed by atoms with van der Waals surface area (Å²) in [4.78, 5) is 14.0. The highest BCUT2D eigenvalue weighted by atomic mass is 32.2. The summed E-state index contributed by atoms with van der Waals surface area (Å²) in [6, 6.07) is 5.35. The highest BCUT2D eigenvalue weighted by Crippen LogP contribution is 2.22. The first-order valence-corrected chi connectivity index (χ1v) is 13.0. The summed E-state index contributed by atoms with van der Waals surface area (Å²) in [7, 11) is -7.45. The van der Waals surface area contributed by atoms with Gasteiger partial charge in [0.15, 0.2) is 0 Å². The Balaban J connectivity index is 1.74. The van der Waals surface area contributed by atoms with Crippen LogP contribution in [-0.4, -0.2) is 88.7 Å². The molecule has 9 nitrogen and oxygen atoms in total. The SMILES string of the molecule is CC(C)C(=O)N1CCCN(S(=O)(=O)c2ccc(S(=O)(=O)N3CCOCC3)cc2)CC1. The third-order valence-electron chi connectivity index (χ3n) is 5.33. The molecule has 2 saturated heterocycles. The van der Waals surface area contributed by atoms with Crippen molar-refractivity contribution in [2.24, 2.45) is 5.92 Å². The summed E-state index contributed by atoms with van der Waals surface area (Å²) in [5, 5.41) is 0. The lowest BCUT2D eigenvalue weighted by molar-refractivity contribution is -0.134. The van der Waals surface area contributed by atoms with E-state index in [1.54, 1.807) is 4.90 Å². The predicted octanol–water partition coefficient (Wildman–Crippen LogP) is 0.587. The first-order valence-electron chi connectivity index (χ1n) is 10.1. The van der Waals surface area contributed by atoms with E-state index < -0.39 is 20.0 Å². The van der Waals surface area contributed by atoms with Crippen LogP contribution in [0.15, 0.2) is 34.1 Å². The van der Waals surface area contributed by atoms with Gasteiger partial charge in [0.2, 0.25) is 26.0 Å². The van der Waals surface area contributed by atoms with E-state index in [2.05, 4.69) is 0 Å². The van der Waals surface area contributed by atoms with Crippen molar-refractivity contribution < 1.29 is 26.4 Å². The topological polar surface area (TPSA) is 104 Å². The van der Waals surface area contributed by atoms with Crippen LogP contribution in [0.25, 0.3) is 0 Å². The van der Waals surface area contributed by atoms with E-state index >= 15 is 0 Å². The van der Waals surface area contributed by atoms with Gasteiger partial charge in [0.05, 0.1) is 23.0 Å². The lowest BCUT2D eigenvalue weighted by Crippen LogP contribution is -2.40. The van der Waals surface area contributed by atoms with Gasteiger partial charge in [-0.2, -0.15) is 8.61 Å². The molecule has 0 aromatic heterocycles. The van der Waals surface area contributed by atoms with Gasteiger partial charge in [0, 0.05) is 45.2 Å². The van der Waals surface area contributed by atoms with Crippen LogP contribution in [0.3, 0.4) is 0 Å². The van der Waals surface area contributed by atoms with Crippen molar-refractivity contribution in [3.05, 3.63) is 24.3 Å². The van der Waals surface area contributed by atoms with Crippen LogP contribution in [0.2, 0.25) is 0 Å². The van der Waals surface area contributed by atoms with Crippen molar-refractivity contribution in [2.75, 3.05) is 52.5 Å². The molecule has 1 amide bonds. The normalized spacial score (nSPS) is 20.3. The molecule has 11 heteroatoms. The van der Waals surface area contributed by atoms with Gasteiger partial charge < -0.3 is 9.64 Å². The zero-order valence-electron chi connectivity index (χ0n) is 17.4. The second-order valence-electron chi connectivity index (χ2n) is 7.73. The van der Waals surface area contributed by atoms with Crippen molar-refractivity contribution in [3.63, 3.8) is 0 Å². The maximum Gasteiger partial charge on any atom is 0.243 e. The number of nitrogens with zero attached hydrogens (tertiary/aromatic N) is 3. The van der Waals surface area contributed by atoms with Crippen LogP contribution in [0.4, 0.5) is 0 Å². The number of amides is 1. The fourth-order valence-corrected chi connectivity index (χ4v) is 6.47. The molecule has 2 aliphatic heterocycles. The molecule has 2 heterocycles. The number of carbonyl (C=O) groups is 1. The van der Waals surface area contributed by atoms with Gasteiger partial charge in [-0.05, 0) is 30.7 Å². The average molecular weight is 460 g/mol. The molecule has 2 fully saturated rings. The Kier molecular flexibility index (Phi) is 7.18. The number of carbonyl (C=O) groups excluding carboxylic acids is 1. The highest BCUT2D eigenvalue weighted by molar-refractivity contribution is 7.89. The maximum absolute atomic E-state index is 13.1. The van der Waals surface area contributed by atoms with Gasteiger partial charge in [0.25, 0.3) is 0 Å². The van der Waals surface area contributed by atoms with Gasteiger partial charge in [-0.15, -0.1) is 0 Å². The second-order valence-corrected chi connectivity index (χ2v) is 11.6. The zero-order valence-corrected chi connectivity index (χ0v) is 19.0. The van der Waals surface area contributed by atoms with Gasteiger partial charge >= 0.3 is 0 Å². The molecule has 0 saturated carbocycles. The summed E-state index contributed by atoms with van der Waals surface area (Å²) >= 11 is 0. The molecule has 30 heavy (non-hydrogen) atoms. The summed E-state index contributed by atoms with van der Waals surface area (Å²) in [6.45, 7) is 6.31. The molecule has 168 valence electrons. The minimum absolute atomic E-state index is 0.0203. The van der Waals surface area contributed by atoms with Crippen molar-refractivity contribution in [2.45, 2.75) is 30.1 Å². The molecular weight excluding hydrogens is 430 g/mol. The molecule has 0 N–H and O–H groups in total. The number of hydrogen-bond donors (Lipinski definition) is 0. The van der Waals surface area contributed by atoms with Gasteiger partial charge in [-0.3, -0.25) is 4.79 Å². The van der Waals surface area contributed by atoms with E-state index in [4.69, 9.17) is 4.74 Å². The number of benzene rings is 1. The summed E-state index contributed by atoms with van der Waals surface area (Å²) in [5.74, 6) is -0.110. The number of ether oxygens (including phenoxy) is 1. The van der Waals surface area contributed by atoms with Crippen LogP contribution in [-0.2, 0) is 29.6 Å². The van der Waals surface area contributed by atoms with E-state index in [0.717, 1.165) is 0 Å². The quantitative estimate of drug-likeness (QED) is 0.638. The minimum Gasteiger partial charge on any atom is -0.379 e. The smallest absolute Gasteiger partial charge is 0.243 e. The third-order valence-corrected chi connectivity index (χ3v) is 9.16. The van der Waals surface area contributed by atoms with Crippen LogP contribution in [0.5, 0.6) is 0 Å². The lowest BCUT2D eigenvalue weighted by Gasteiger charge is -2.26. The van der Waals surface area contributed by atoms with Crippen molar-refractivity contribution >= 4 is 26.0 Å². The number of rotatable bonds is 5. The Labute approximate surface area is 178 Å². The molecule has 0 aliphatic carbocycles. The molecule has 0 radical (unpaired) electrons. The monoisotopic (exact) mass is 459 g/mol. The van der Waals surface area contributed by atoms with Crippen LogP contribution in [0, 0.1) is 5.92 Å². The van der Waals surface area contributed by atoms with Crippen molar-refractivity contribution in [1.82, 2.24) is 13.5 Å². The fourth-order valence-electron chi connectivity index (χ4n) is 3.59. The van der Waals surface area contributed by atoms with Crippen LogP contribution < -0.4 is 0 Å². The van der Waals surface area contributed by atoms with Gasteiger partial charge in [-0.1, -0.05) is 13.8 Å². The van der Waals surface area contributed by atoms with Crippen LogP contribution >= 0.6 is 0 Å². The van der Waals surface area contributed by atoms with Crippen molar-refractivity contribution in [1.29, 1.82) is 0 Å². The lowest BCUT2D eigenvalue weighted by atomic mass is 10.2. The molecule has 1 aromatic rings. The second kappa shape index (κ2) is 9.31. The number of morpholine rings is 1. The average Bonchev–Trinajstić information content (AvgIpc) is 3.00. The molecular formula is C19H29N3O6S2. The molecule has 0 bridgehead atoms. The summed E-state index contributed by atoms with van der Waals surface area (Å²) < 4.78 is 59.5. The highest BCUT2D eigenvalue weighted by Gasteiger charge is 2.30.